The van der Waals surface area contributed by atoms with Gasteiger partial charge in [-0.15, -0.1) is 10.2 Å². The normalized spacial score (nSPS) is 20.6. The number of para-hydroxylation sites is 1. The fourth-order valence-electron chi connectivity index (χ4n) is 6.67. The van der Waals surface area contributed by atoms with Gasteiger partial charge in [0.2, 0.25) is 0 Å². The van der Waals surface area contributed by atoms with E-state index in [4.69, 9.17) is 5.10 Å². The number of nitriles is 1. The molecule has 3 aromatic carbocycles. The molecule has 0 saturated heterocycles. The van der Waals surface area contributed by atoms with Gasteiger partial charge < -0.3 is 0 Å². The Bertz CT molecular complexity index is 1480. The lowest BCUT2D eigenvalue weighted by Crippen LogP contribution is -2.18. The van der Waals surface area contributed by atoms with Crippen LogP contribution in [-0.4, -0.2) is 14.8 Å². The highest BCUT2D eigenvalue weighted by Crippen LogP contribution is 2.70. The third kappa shape index (κ3) is 3.98. The number of aromatic nitrogens is 3. The third-order valence-corrected chi connectivity index (χ3v) is 8.75. The molecule has 4 aromatic rings. The van der Waals surface area contributed by atoms with Gasteiger partial charge in [-0.3, -0.25) is 4.57 Å². The van der Waals surface area contributed by atoms with Crippen LogP contribution in [-0.2, 0) is 5.41 Å². The molecule has 37 heavy (non-hydrogen) atoms. The molecule has 1 unspecified atom stereocenters. The van der Waals surface area contributed by atoms with E-state index in [1.807, 2.05) is 25.1 Å². The van der Waals surface area contributed by atoms with Crippen molar-refractivity contribution in [3.63, 3.8) is 0 Å². The number of rotatable bonds is 7. The molecule has 1 aliphatic carbocycles. The Morgan fingerprint density at radius 2 is 1.65 bits per heavy atom. The maximum Gasteiger partial charge on any atom is 0.168 e. The summed E-state index contributed by atoms with van der Waals surface area (Å²) in [6.07, 6.45) is 4.67. The van der Waals surface area contributed by atoms with Gasteiger partial charge in [0.1, 0.15) is 5.82 Å². The number of nitrogens with zero attached hydrogens (tertiary/aromatic N) is 4. The Morgan fingerprint density at radius 3 is 2.24 bits per heavy atom. The van der Waals surface area contributed by atoms with Gasteiger partial charge in [0.05, 0.1) is 11.6 Å². The molecular weight excluding hydrogens is 452 g/mol. The number of benzene rings is 3. The summed E-state index contributed by atoms with van der Waals surface area (Å²) in [7, 11) is 0. The molecule has 188 valence electrons. The minimum Gasteiger partial charge on any atom is -0.279 e. The van der Waals surface area contributed by atoms with E-state index < -0.39 is 0 Å². The number of hydrogen-bond donors (Lipinski definition) is 0. The summed E-state index contributed by atoms with van der Waals surface area (Å²) in [4.78, 5) is 0. The highest BCUT2D eigenvalue weighted by atomic mass is 15.3. The van der Waals surface area contributed by atoms with E-state index in [0.717, 1.165) is 58.9 Å². The molecule has 1 aromatic heterocycles. The Kier molecular flexibility index (Phi) is 6.28. The van der Waals surface area contributed by atoms with Crippen molar-refractivity contribution in [1.82, 2.24) is 14.8 Å². The summed E-state index contributed by atoms with van der Waals surface area (Å²) in [6.45, 7) is 13.3. The number of hydrogen-bond acceptors (Lipinski definition) is 3. The molecule has 0 bridgehead atoms. The van der Waals surface area contributed by atoms with Gasteiger partial charge in [-0.2, -0.15) is 5.26 Å². The molecule has 1 aliphatic rings. The van der Waals surface area contributed by atoms with E-state index in [1.165, 1.54) is 17.5 Å². The highest BCUT2D eigenvalue weighted by Gasteiger charge is 2.63. The summed E-state index contributed by atoms with van der Waals surface area (Å²) in [6, 6.07) is 23.6. The average Bonchev–Trinajstić information content (AvgIpc) is 3.31. The van der Waals surface area contributed by atoms with Gasteiger partial charge in [-0.05, 0) is 104 Å². The molecule has 4 nitrogen and oxygen atoms in total. The van der Waals surface area contributed by atoms with Gasteiger partial charge in [0.25, 0.3) is 0 Å². The van der Waals surface area contributed by atoms with Gasteiger partial charge in [0, 0.05) is 16.7 Å². The maximum absolute atomic E-state index is 9.47. The first-order chi connectivity index (χ1) is 17.8. The lowest BCUT2D eigenvalue weighted by molar-refractivity contribution is 0.416. The molecule has 5 rings (SSSR count). The molecule has 0 aliphatic heterocycles. The van der Waals surface area contributed by atoms with Crippen LogP contribution in [0.4, 0.5) is 0 Å². The monoisotopic (exact) mass is 488 g/mol. The Balaban J connectivity index is 1.79. The van der Waals surface area contributed by atoms with Crippen LogP contribution in [0.3, 0.4) is 0 Å². The first kappa shape index (κ1) is 25.0. The lowest BCUT2D eigenvalue weighted by atomic mass is 9.78. The molecule has 1 saturated carbocycles. The molecule has 4 heteroatoms. The van der Waals surface area contributed by atoms with E-state index in [0.29, 0.717) is 5.56 Å². The second-order valence-electron chi connectivity index (χ2n) is 11.0. The Hall–Kier alpha value is -3.71. The summed E-state index contributed by atoms with van der Waals surface area (Å²) < 4.78 is 2.19. The van der Waals surface area contributed by atoms with Gasteiger partial charge >= 0.3 is 0 Å². The second kappa shape index (κ2) is 9.30. The zero-order chi connectivity index (χ0) is 26.4. The van der Waals surface area contributed by atoms with Crippen molar-refractivity contribution in [3.8, 4) is 34.3 Å². The summed E-state index contributed by atoms with van der Waals surface area (Å²) in [5.74, 6) is 1.77. The molecule has 2 atom stereocenters. The van der Waals surface area contributed by atoms with E-state index in [2.05, 4.69) is 92.8 Å². The molecule has 1 fully saturated rings. The van der Waals surface area contributed by atoms with E-state index in [1.54, 1.807) is 0 Å². The van der Waals surface area contributed by atoms with Crippen LogP contribution in [0.2, 0.25) is 0 Å². The van der Waals surface area contributed by atoms with Crippen LogP contribution in [0.25, 0.3) is 28.2 Å². The molecule has 0 spiro atoms. The van der Waals surface area contributed by atoms with E-state index >= 15 is 0 Å². The van der Waals surface area contributed by atoms with Crippen molar-refractivity contribution in [2.75, 3.05) is 0 Å². The van der Waals surface area contributed by atoms with Crippen LogP contribution in [0.1, 0.15) is 74.5 Å². The fourth-order valence-corrected chi connectivity index (χ4v) is 6.67. The first-order valence-electron chi connectivity index (χ1n) is 13.4. The topological polar surface area (TPSA) is 54.5 Å². The fraction of sp³-hybridized carbons (Fsp3) is 0.364. The predicted molar refractivity (Wildman–Crippen MR) is 151 cm³/mol. The van der Waals surface area contributed by atoms with Crippen molar-refractivity contribution in [2.24, 2.45) is 5.41 Å². The Labute approximate surface area is 221 Å². The minimum atomic E-state index is 0.139. The lowest BCUT2D eigenvalue weighted by Gasteiger charge is -2.26. The Morgan fingerprint density at radius 1 is 0.946 bits per heavy atom. The van der Waals surface area contributed by atoms with Gasteiger partial charge in [0.15, 0.2) is 5.82 Å². The second-order valence-corrected chi connectivity index (χ2v) is 11.0. The average molecular weight is 489 g/mol. The van der Waals surface area contributed by atoms with Crippen molar-refractivity contribution in [1.29, 1.82) is 5.26 Å². The summed E-state index contributed by atoms with van der Waals surface area (Å²) >= 11 is 0. The predicted octanol–water partition coefficient (Wildman–Crippen LogP) is 8.26. The van der Waals surface area contributed by atoms with E-state index in [9.17, 15) is 5.26 Å². The molecular formula is C33H36N4. The van der Waals surface area contributed by atoms with Crippen LogP contribution in [0, 0.1) is 37.5 Å². The third-order valence-electron chi connectivity index (χ3n) is 8.75. The molecule has 0 amide bonds. The standard InChI is InChI=1S/C33H36N4/c1-7-16-33(21-32(33,6)8-2)29-15-14-26(30-22(3)17-25(20-34)18-23(30)4)19-28(29)31-36-35-24(5)37(31)27-12-10-9-11-13-27/h9-15,17-19H,7-8,16,21H2,1-6H3/t32-,33?/m1/s1. The molecule has 1 heterocycles. The van der Waals surface area contributed by atoms with Crippen molar-refractivity contribution >= 4 is 0 Å². The SMILES string of the molecule is CCCC1(c2ccc(-c3c(C)cc(C#N)cc3C)cc2-c2nnc(C)n2-c2ccccc2)C[C@@]1(C)CC. The minimum absolute atomic E-state index is 0.139. The zero-order valence-corrected chi connectivity index (χ0v) is 22.9. The molecule has 0 N–H and O–H groups in total. The van der Waals surface area contributed by atoms with Crippen LogP contribution in [0.5, 0.6) is 0 Å². The van der Waals surface area contributed by atoms with E-state index in [-0.39, 0.29) is 10.8 Å². The van der Waals surface area contributed by atoms with Crippen LogP contribution < -0.4 is 0 Å². The largest absolute Gasteiger partial charge is 0.279 e. The molecule has 0 radical (unpaired) electrons. The maximum atomic E-state index is 9.47. The highest BCUT2D eigenvalue weighted by molar-refractivity contribution is 5.79. The quantitative estimate of drug-likeness (QED) is 0.263. The van der Waals surface area contributed by atoms with Gasteiger partial charge in [-0.25, -0.2) is 0 Å². The number of aryl methyl sites for hydroxylation is 3. The van der Waals surface area contributed by atoms with Crippen molar-refractivity contribution in [3.05, 3.63) is 88.7 Å². The van der Waals surface area contributed by atoms with Crippen LogP contribution in [0.15, 0.2) is 60.7 Å². The van der Waals surface area contributed by atoms with Gasteiger partial charge in [-0.1, -0.05) is 57.5 Å². The van der Waals surface area contributed by atoms with Crippen LogP contribution >= 0.6 is 0 Å². The first-order valence-corrected chi connectivity index (χ1v) is 13.4. The summed E-state index contributed by atoms with van der Waals surface area (Å²) in [5, 5.41) is 18.8. The van der Waals surface area contributed by atoms with Crippen molar-refractivity contribution in [2.45, 2.75) is 72.6 Å². The zero-order valence-electron chi connectivity index (χ0n) is 22.9. The summed E-state index contributed by atoms with van der Waals surface area (Å²) in [5.41, 5.74) is 9.32. The smallest absolute Gasteiger partial charge is 0.168 e. The van der Waals surface area contributed by atoms with Crippen molar-refractivity contribution < 1.29 is 0 Å².